The van der Waals surface area contributed by atoms with Crippen LogP contribution in [0.15, 0.2) is 73.1 Å². The number of nitrogens with zero attached hydrogens (tertiary/aromatic N) is 4. The Kier molecular flexibility index (Phi) is 6.29. The van der Waals surface area contributed by atoms with E-state index in [0.29, 0.717) is 18.8 Å². The lowest BCUT2D eigenvalue weighted by Gasteiger charge is -2.33. The zero-order valence-corrected chi connectivity index (χ0v) is 16.7. The number of halogens is 1. The number of nitrogens with one attached hydrogen (secondary N) is 1. The number of aromatic nitrogens is 2. The van der Waals surface area contributed by atoms with Gasteiger partial charge in [0, 0.05) is 18.1 Å². The van der Waals surface area contributed by atoms with Crippen LogP contribution < -0.4 is 14.7 Å². The standard InChI is InChI=1S/C23H24FN5O/c24-20-7-9-21(10-8-20)29(17-19-5-2-1-3-6-19)22(30)18-27-13-15-28(16-14-27)23-25-11-4-12-26-23/h1-12H,13-18H2/p+1. The quantitative estimate of drug-likeness (QED) is 0.675. The molecule has 0 bridgehead atoms. The van der Waals surface area contributed by atoms with Crippen molar-refractivity contribution in [2.75, 3.05) is 42.5 Å². The summed E-state index contributed by atoms with van der Waals surface area (Å²) in [6.45, 7) is 4.15. The van der Waals surface area contributed by atoms with Crippen LogP contribution in [0.4, 0.5) is 16.0 Å². The highest BCUT2D eigenvalue weighted by Gasteiger charge is 2.26. The Morgan fingerprint density at radius 1 is 0.967 bits per heavy atom. The summed E-state index contributed by atoms with van der Waals surface area (Å²) in [7, 11) is 0. The third kappa shape index (κ3) is 4.99. The Morgan fingerprint density at radius 3 is 2.30 bits per heavy atom. The highest BCUT2D eigenvalue weighted by molar-refractivity contribution is 5.94. The van der Waals surface area contributed by atoms with E-state index in [1.807, 2.05) is 30.3 Å². The summed E-state index contributed by atoms with van der Waals surface area (Å²) in [4.78, 5) is 27.0. The first-order valence-electron chi connectivity index (χ1n) is 10.1. The number of amides is 1. The van der Waals surface area contributed by atoms with Crippen LogP contribution in [0.3, 0.4) is 0 Å². The number of hydrogen-bond acceptors (Lipinski definition) is 4. The van der Waals surface area contributed by atoms with Crippen molar-refractivity contribution in [2.45, 2.75) is 6.54 Å². The van der Waals surface area contributed by atoms with Gasteiger partial charge in [0.1, 0.15) is 5.82 Å². The van der Waals surface area contributed by atoms with E-state index in [4.69, 9.17) is 0 Å². The average molecular weight is 406 g/mol. The van der Waals surface area contributed by atoms with E-state index in [0.717, 1.165) is 37.7 Å². The number of benzene rings is 2. The molecule has 1 aliphatic heterocycles. The summed E-state index contributed by atoms with van der Waals surface area (Å²) in [6, 6.07) is 17.8. The fraction of sp³-hybridized carbons (Fsp3) is 0.261. The summed E-state index contributed by atoms with van der Waals surface area (Å²) in [6.07, 6.45) is 3.49. The van der Waals surface area contributed by atoms with Gasteiger partial charge in [-0.25, -0.2) is 14.4 Å². The summed E-state index contributed by atoms with van der Waals surface area (Å²) in [5, 5.41) is 0. The molecule has 0 saturated carbocycles. The number of quaternary nitrogens is 1. The maximum absolute atomic E-state index is 13.4. The molecule has 7 heteroatoms. The fourth-order valence-electron chi connectivity index (χ4n) is 3.67. The molecule has 6 nitrogen and oxygen atoms in total. The summed E-state index contributed by atoms with van der Waals surface area (Å²) >= 11 is 0. The number of anilines is 2. The van der Waals surface area contributed by atoms with Crippen LogP contribution in [0.2, 0.25) is 0 Å². The maximum Gasteiger partial charge on any atom is 0.282 e. The van der Waals surface area contributed by atoms with Crippen molar-refractivity contribution in [1.29, 1.82) is 0 Å². The first-order chi connectivity index (χ1) is 14.7. The molecule has 0 radical (unpaired) electrons. The van der Waals surface area contributed by atoms with Crippen LogP contribution in [0.5, 0.6) is 0 Å². The second-order valence-corrected chi connectivity index (χ2v) is 7.40. The van der Waals surface area contributed by atoms with Crippen molar-refractivity contribution in [3.05, 3.63) is 84.4 Å². The van der Waals surface area contributed by atoms with Gasteiger partial charge < -0.3 is 14.7 Å². The molecule has 1 saturated heterocycles. The molecule has 4 rings (SSSR count). The molecule has 1 N–H and O–H groups in total. The van der Waals surface area contributed by atoms with Gasteiger partial charge >= 0.3 is 0 Å². The van der Waals surface area contributed by atoms with Gasteiger partial charge in [-0.1, -0.05) is 30.3 Å². The number of carbonyl (C=O) groups is 1. The van der Waals surface area contributed by atoms with E-state index in [1.165, 1.54) is 17.0 Å². The first-order valence-corrected chi connectivity index (χ1v) is 10.1. The Hall–Kier alpha value is -3.32. The third-order valence-corrected chi connectivity index (χ3v) is 5.33. The second-order valence-electron chi connectivity index (χ2n) is 7.40. The van der Waals surface area contributed by atoms with Gasteiger partial charge in [-0.15, -0.1) is 0 Å². The molecule has 2 heterocycles. The summed E-state index contributed by atoms with van der Waals surface area (Å²) in [5.41, 5.74) is 1.75. The lowest BCUT2D eigenvalue weighted by atomic mass is 10.2. The minimum absolute atomic E-state index is 0.0323. The lowest BCUT2D eigenvalue weighted by Crippen LogP contribution is -3.16. The van der Waals surface area contributed by atoms with Gasteiger partial charge in [0.15, 0.2) is 6.54 Å². The minimum atomic E-state index is -0.310. The van der Waals surface area contributed by atoms with Crippen molar-refractivity contribution in [3.8, 4) is 0 Å². The summed E-state index contributed by atoms with van der Waals surface area (Å²) in [5.74, 6) is 0.459. The fourth-order valence-corrected chi connectivity index (χ4v) is 3.67. The van der Waals surface area contributed by atoms with Crippen LogP contribution in [0.25, 0.3) is 0 Å². The SMILES string of the molecule is O=C(C[NH+]1CCN(c2ncccn2)CC1)N(Cc1ccccc1)c1ccc(F)cc1. The lowest BCUT2D eigenvalue weighted by molar-refractivity contribution is -0.892. The topological polar surface area (TPSA) is 53.8 Å². The van der Waals surface area contributed by atoms with E-state index in [2.05, 4.69) is 14.9 Å². The second kappa shape index (κ2) is 9.45. The smallest absolute Gasteiger partial charge is 0.282 e. The molecular formula is C23H25FN5O+. The monoisotopic (exact) mass is 406 g/mol. The van der Waals surface area contributed by atoms with Crippen molar-refractivity contribution in [1.82, 2.24) is 9.97 Å². The number of piperazine rings is 1. The minimum Gasteiger partial charge on any atom is -0.330 e. The molecule has 1 aromatic heterocycles. The normalized spacial score (nSPS) is 14.5. The molecule has 30 heavy (non-hydrogen) atoms. The first kappa shape index (κ1) is 20.0. The Balaban J connectivity index is 1.42. The van der Waals surface area contributed by atoms with Crippen LogP contribution in [0.1, 0.15) is 5.56 Å². The van der Waals surface area contributed by atoms with Crippen LogP contribution >= 0.6 is 0 Å². The van der Waals surface area contributed by atoms with Crippen molar-refractivity contribution < 1.29 is 14.1 Å². The van der Waals surface area contributed by atoms with Crippen molar-refractivity contribution in [2.24, 2.45) is 0 Å². The van der Waals surface area contributed by atoms with Gasteiger partial charge in [0.25, 0.3) is 5.91 Å². The van der Waals surface area contributed by atoms with Crippen LogP contribution in [-0.2, 0) is 11.3 Å². The molecule has 0 unspecified atom stereocenters. The molecular weight excluding hydrogens is 381 g/mol. The van der Waals surface area contributed by atoms with Crippen molar-refractivity contribution in [3.63, 3.8) is 0 Å². The van der Waals surface area contributed by atoms with Gasteiger partial charge in [0.2, 0.25) is 5.95 Å². The molecule has 154 valence electrons. The van der Waals surface area contributed by atoms with E-state index in [-0.39, 0.29) is 11.7 Å². The van der Waals surface area contributed by atoms with Gasteiger partial charge in [-0.2, -0.15) is 0 Å². The van der Waals surface area contributed by atoms with E-state index >= 15 is 0 Å². The van der Waals surface area contributed by atoms with Crippen molar-refractivity contribution >= 4 is 17.5 Å². The molecule has 1 fully saturated rings. The Morgan fingerprint density at radius 2 is 1.63 bits per heavy atom. The average Bonchev–Trinajstić information content (AvgIpc) is 2.80. The molecule has 2 aromatic carbocycles. The van der Waals surface area contributed by atoms with E-state index < -0.39 is 0 Å². The highest BCUT2D eigenvalue weighted by Crippen LogP contribution is 2.18. The molecule has 0 aliphatic carbocycles. The largest absolute Gasteiger partial charge is 0.330 e. The van der Waals surface area contributed by atoms with Crippen LogP contribution in [-0.4, -0.2) is 48.6 Å². The summed E-state index contributed by atoms with van der Waals surface area (Å²) < 4.78 is 13.4. The molecule has 0 spiro atoms. The van der Waals surface area contributed by atoms with Gasteiger partial charge in [-0.3, -0.25) is 4.79 Å². The predicted octanol–water partition coefficient (Wildman–Crippen LogP) is 1.55. The van der Waals surface area contributed by atoms with E-state index in [1.54, 1.807) is 35.5 Å². The molecule has 1 aliphatic rings. The molecule has 1 amide bonds. The highest BCUT2D eigenvalue weighted by atomic mass is 19.1. The maximum atomic E-state index is 13.4. The van der Waals surface area contributed by atoms with Gasteiger partial charge in [0.05, 0.1) is 32.7 Å². The zero-order chi connectivity index (χ0) is 20.8. The van der Waals surface area contributed by atoms with Gasteiger partial charge in [-0.05, 0) is 35.9 Å². The Bertz CT molecular complexity index is 944. The molecule has 3 aromatic rings. The zero-order valence-electron chi connectivity index (χ0n) is 16.7. The van der Waals surface area contributed by atoms with Crippen LogP contribution in [0, 0.1) is 5.82 Å². The number of rotatable bonds is 6. The number of carbonyl (C=O) groups excluding carboxylic acids is 1. The number of hydrogen-bond donors (Lipinski definition) is 1. The molecule has 0 atom stereocenters. The Labute approximate surface area is 175 Å². The predicted molar refractivity (Wildman–Crippen MR) is 114 cm³/mol. The van der Waals surface area contributed by atoms with E-state index in [9.17, 15) is 9.18 Å². The third-order valence-electron chi connectivity index (χ3n) is 5.33.